The standard InChI is InChI=1S/C28H22FN5O/c1-18-2-9-25-23(16-18)26(12-15-31-25)33-20-5-3-19(4-6-20)28(35)34-27-17-22(7-8-24(27)29)32-21-10-13-30-14-11-21/h2-17H,1H3,(H,30,32)(H,31,33)(H,34,35). The summed E-state index contributed by atoms with van der Waals surface area (Å²) < 4.78 is 14.4. The van der Waals surface area contributed by atoms with E-state index >= 15 is 0 Å². The van der Waals surface area contributed by atoms with Gasteiger partial charge in [-0.25, -0.2) is 4.39 Å². The molecule has 1 amide bonds. The molecule has 5 aromatic rings. The first-order valence-electron chi connectivity index (χ1n) is 11.1. The lowest BCUT2D eigenvalue weighted by Gasteiger charge is -2.12. The lowest BCUT2D eigenvalue weighted by Crippen LogP contribution is -2.13. The molecule has 0 fully saturated rings. The van der Waals surface area contributed by atoms with Gasteiger partial charge in [-0.2, -0.15) is 0 Å². The molecule has 0 bridgehead atoms. The Hall–Kier alpha value is -4.78. The lowest BCUT2D eigenvalue weighted by atomic mass is 10.1. The van der Waals surface area contributed by atoms with E-state index in [1.54, 1.807) is 55.0 Å². The Bertz CT molecular complexity index is 1500. The minimum atomic E-state index is -0.517. The van der Waals surface area contributed by atoms with Gasteiger partial charge >= 0.3 is 0 Å². The van der Waals surface area contributed by atoms with Crippen LogP contribution in [0, 0.1) is 12.7 Å². The molecule has 3 aromatic carbocycles. The number of rotatable bonds is 6. The maximum absolute atomic E-state index is 14.4. The molecule has 7 heteroatoms. The summed E-state index contributed by atoms with van der Waals surface area (Å²) in [5.74, 6) is -0.918. The van der Waals surface area contributed by atoms with Crippen molar-refractivity contribution in [3.63, 3.8) is 0 Å². The number of nitrogens with one attached hydrogen (secondary N) is 3. The molecular weight excluding hydrogens is 441 g/mol. The molecule has 35 heavy (non-hydrogen) atoms. The smallest absolute Gasteiger partial charge is 0.255 e. The van der Waals surface area contributed by atoms with Gasteiger partial charge in [-0.3, -0.25) is 14.8 Å². The molecule has 0 unspecified atom stereocenters. The van der Waals surface area contributed by atoms with Crippen LogP contribution in [0.25, 0.3) is 10.9 Å². The van der Waals surface area contributed by atoms with Crippen LogP contribution in [0.2, 0.25) is 0 Å². The third-order valence-electron chi connectivity index (χ3n) is 5.51. The third kappa shape index (κ3) is 5.09. The van der Waals surface area contributed by atoms with Crippen LogP contribution in [-0.4, -0.2) is 15.9 Å². The van der Waals surface area contributed by atoms with Gasteiger partial charge in [0, 0.05) is 52.3 Å². The molecule has 6 nitrogen and oxygen atoms in total. The van der Waals surface area contributed by atoms with Crippen LogP contribution in [0.15, 0.2) is 97.5 Å². The van der Waals surface area contributed by atoms with E-state index in [-0.39, 0.29) is 5.69 Å². The fourth-order valence-electron chi connectivity index (χ4n) is 3.72. The maximum atomic E-state index is 14.4. The van der Waals surface area contributed by atoms with Crippen molar-refractivity contribution >= 4 is 45.2 Å². The average Bonchev–Trinajstić information content (AvgIpc) is 2.87. The molecule has 0 aliphatic carbocycles. The summed E-state index contributed by atoms with van der Waals surface area (Å²) in [6, 6.07) is 23.1. The molecule has 0 atom stereocenters. The number of fused-ring (bicyclic) bond motifs is 1. The quantitative estimate of drug-likeness (QED) is 0.258. The zero-order valence-corrected chi connectivity index (χ0v) is 18.9. The van der Waals surface area contributed by atoms with Crippen molar-refractivity contribution in [2.75, 3.05) is 16.0 Å². The number of aryl methyl sites for hydroxylation is 1. The second-order valence-corrected chi connectivity index (χ2v) is 8.09. The second kappa shape index (κ2) is 9.61. The maximum Gasteiger partial charge on any atom is 0.255 e. The molecule has 5 rings (SSSR count). The van der Waals surface area contributed by atoms with E-state index in [2.05, 4.69) is 32.0 Å². The molecule has 0 saturated carbocycles. The topological polar surface area (TPSA) is 78.9 Å². The van der Waals surface area contributed by atoms with E-state index in [4.69, 9.17) is 0 Å². The van der Waals surface area contributed by atoms with Gasteiger partial charge in [-0.1, -0.05) is 11.6 Å². The molecule has 172 valence electrons. The number of carbonyl (C=O) groups excluding carboxylic acids is 1. The van der Waals surface area contributed by atoms with E-state index in [0.29, 0.717) is 11.3 Å². The zero-order chi connectivity index (χ0) is 24.2. The summed E-state index contributed by atoms with van der Waals surface area (Å²) in [5, 5.41) is 10.2. The van der Waals surface area contributed by atoms with Crippen molar-refractivity contribution in [3.8, 4) is 0 Å². The summed E-state index contributed by atoms with van der Waals surface area (Å²) >= 11 is 0. The number of hydrogen-bond acceptors (Lipinski definition) is 5. The fraction of sp³-hybridized carbons (Fsp3) is 0.0357. The number of aromatic nitrogens is 2. The van der Waals surface area contributed by atoms with Crippen molar-refractivity contribution in [3.05, 3.63) is 114 Å². The van der Waals surface area contributed by atoms with Crippen LogP contribution in [0.3, 0.4) is 0 Å². The number of amides is 1. The third-order valence-corrected chi connectivity index (χ3v) is 5.51. The number of carbonyl (C=O) groups is 1. The number of hydrogen-bond donors (Lipinski definition) is 3. The predicted octanol–water partition coefficient (Wildman–Crippen LogP) is 6.82. The number of pyridine rings is 2. The van der Waals surface area contributed by atoms with Crippen molar-refractivity contribution < 1.29 is 9.18 Å². The Morgan fingerprint density at radius 3 is 2.29 bits per heavy atom. The van der Waals surface area contributed by atoms with Crippen LogP contribution < -0.4 is 16.0 Å². The Morgan fingerprint density at radius 1 is 0.743 bits per heavy atom. The molecule has 2 heterocycles. The van der Waals surface area contributed by atoms with Gasteiger partial charge in [0.1, 0.15) is 5.82 Å². The largest absolute Gasteiger partial charge is 0.355 e. The van der Waals surface area contributed by atoms with Crippen LogP contribution in [0.5, 0.6) is 0 Å². The van der Waals surface area contributed by atoms with Crippen molar-refractivity contribution in [2.45, 2.75) is 6.92 Å². The van der Waals surface area contributed by atoms with E-state index < -0.39 is 11.7 Å². The average molecular weight is 464 g/mol. The predicted molar refractivity (Wildman–Crippen MR) is 138 cm³/mol. The SMILES string of the molecule is Cc1ccc2nccc(Nc3ccc(C(=O)Nc4cc(Nc5ccncc5)ccc4F)cc3)c2c1. The highest BCUT2D eigenvalue weighted by molar-refractivity contribution is 6.05. The molecule has 0 aliphatic heterocycles. The highest BCUT2D eigenvalue weighted by atomic mass is 19.1. The number of benzene rings is 3. The van der Waals surface area contributed by atoms with Crippen molar-refractivity contribution in [2.24, 2.45) is 0 Å². The molecule has 0 radical (unpaired) electrons. The second-order valence-electron chi connectivity index (χ2n) is 8.09. The highest BCUT2D eigenvalue weighted by Gasteiger charge is 2.11. The van der Waals surface area contributed by atoms with Crippen molar-refractivity contribution in [1.82, 2.24) is 9.97 Å². The van der Waals surface area contributed by atoms with Crippen LogP contribution >= 0.6 is 0 Å². The van der Waals surface area contributed by atoms with Gasteiger partial charge in [0.2, 0.25) is 0 Å². The van der Waals surface area contributed by atoms with Gasteiger partial charge in [0.25, 0.3) is 5.91 Å². The first-order chi connectivity index (χ1) is 17.0. The normalized spacial score (nSPS) is 10.7. The number of halogens is 1. The molecule has 0 spiro atoms. The monoisotopic (exact) mass is 463 g/mol. The first-order valence-corrected chi connectivity index (χ1v) is 11.1. The Morgan fingerprint density at radius 2 is 1.49 bits per heavy atom. The molecule has 0 saturated heterocycles. The minimum absolute atomic E-state index is 0.0925. The summed E-state index contributed by atoms with van der Waals surface area (Å²) in [6.07, 6.45) is 5.07. The Kier molecular flexibility index (Phi) is 6.05. The molecule has 0 aliphatic rings. The van der Waals surface area contributed by atoms with Crippen LogP contribution in [0.4, 0.5) is 32.8 Å². The summed E-state index contributed by atoms with van der Waals surface area (Å²) in [5.41, 5.74) is 5.76. The van der Waals surface area contributed by atoms with Gasteiger partial charge in [-0.15, -0.1) is 0 Å². The first kappa shape index (κ1) is 22.0. The minimum Gasteiger partial charge on any atom is -0.355 e. The highest BCUT2D eigenvalue weighted by Crippen LogP contribution is 2.27. The van der Waals surface area contributed by atoms with E-state index in [0.717, 1.165) is 33.5 Å². The van der Waals surface area contributed by atoms with Gasteiger partial charge in [0.15, 0.2) is 0 Å². The van der Waals surface area contributed by atoms with E-state index in [1.165, 1.54) is 6.07 Å². The van der Waals surface area contributed by atoms with E-state index in [1.807, 2.05) is 37.3 Å². The Labute approximate surface area is 201 Å². The molecule has 2 aromatic heterocycles. The van der Waals surface area contributed by atoms with Crippen LogP contribution in [0.1, 0.15) is 15.9 Å². The van der Waals surface area contributed by atoms with E-state index in [9.17, 15) is 9.18 Å². The van der Waals surface area contributed by atoms with Crippen molar-refractivity contribution in [1.29, 1.82) is 0 Å². The van der Waals surface area contributed by atoms with Gasteiger partial charge in [0.05, 0.1) is 11.2 Å². The summed E-state index contributed by atoms with van der Waals surface area (Å²) in [7, 11) is 0. The number of nitrogens with zero attached hydrogens (tertiary/aromatic N) is 2. The Balaban J connectivity index is 1.30. The summed E-state index contributed by atoms with van der Waals surface area (Å²) in [4.78, 5) is 21.2. The molecular formula is C28H22FN5O. The fourth-order valence-corrected chi connectivity index (χ4v) is 3.72. The van der Waals surface area contributed by atoms with Gasteiger partial charge < -0.3 is 16.0 Å². The van der Waals surface area contributed by atoms with Crippen LogP contribution in [-0.2, 0) is 0 Å². The number of anilines is 5. The zero-order valence-electron chi connectivity index (χ0n) is 18.9. The lowest BCUT2D eigenvalue weighted by molar-refractivity contribution is 0.102. The molecule has 3 N–H and O–H groups in total. The summed E-state index contributed by atoms with van der Waals surface area (Å²) in [6.45, 7) is 2.04. The van der Waals surface area contributed by atoms with Gasteiger partial charge in [-0.05, 0) is 79.7 Å².